The van der Waals surface area contributed by atoms with Gasteiger partial charge in [0.2, 0.25) is 0 Å². The summed E-state index contributed by atoms with van der Waals surface area (Å²) in [7, 11) is 0. The lowest BCUT2D eigenvalue weighted by Crippen LogP contribution is -1.98. The minimum atomic E-state index is 0.475. The van der Waals surface area contributed by atoms with Crippen LogP contribution in [0.5, 0.6) is 0 Å². The highest BCUT2D eigenvalue weighted by Crippen LogP contribution is 2.23. The van der Waals surface area contributed by atoms with E-state index < -0.39 is 0 Å². The van der Waals surface area contributed by atoms with Gasteiger partial charge in [-0.15, -0.1) is 11.3 Å². The molecule has 0 aliphatic heterocycles. The molecule has 0 aliphatic rings. The number of pyridine rings is 1. The van der Waals surface area contributed by atoms with Crippen LogP contribution in [0.15, 0.2) is 28.4 Å². The van der Waals surface area contributed by atoms with Crippen molar-refractivity contribution in [2.45, 2.75) is 6.54 Å². The summed E-state index contributed by atoms with van der Waals surface area (Å²) in [5.74, 6) is 0. The zero-order chi connectivity index (χ0) is 10.7. The lowest BCUT2D eigenvalue weighted by Gasteiger charge is -2.06. The van der Waals surface area contributed by atoms with Gasteiger partial charge in [-0.25, -0.2) is 4.98 Å². The van der Waals surface area contributed by atoms with Crippen LogP contribution < -0.4 is 5.32 Å². The molecule has 78 valence electrons. The van der Waals surface area contributed by atoms with Crippen LogP contribution in [-0.4, -0.2) is 9.97 Å². The first-order chi connectivity index (χ1) is 7.25. The molecule has 3 nitrogen and oxygen atoms in total. The van der Waals surface area contributed by atoms with Gasteiger partial charge in [-0.05, 0) is 22.0 Å². The third-order valence-electron chi connectivity index (χ3n) is 1.74. The molecule has 0 spiro atoms. The van der Waals surface area contributed by atoms with Crippen molar-refractivity contribution in [1.82, 2.24) is 9.97 Å². The van der Waals surface area contributed by atoms with Gasteiger partial charge in [-0.3, -0.25) is 4.98 Å². The van der Waals surface area contributed by atoms with Crippen molar-refractivity contribution in [3.63, 3.8) is 0 Å². The quantitative estimate of drug-likeness (QED) is 0.881. The summed E-state index contributed by atoms with van der Waals surface area (Å²) in [6.45, 7) is 0.711. The minimum absolute atomic E-state index is 0.475. The Morgan fingerprint density at radius 2 is 2.33 bits per heavy atom. The van der Waals surface area contributed by atoms with Gasteiger partial charge in [0.05, 0.1) is 17.7 Å². The molecule has 0 amide bonds. The van der Waals surface area contributed by atoms with Crippen LogP contribution in [-0.2, 0) is 6.54 Å². The normalized spacial score (nSPS) is 10.3. The van der Waals surface area contributed by atoms with E-state index >= 15 is 0 Å². The Kier molecular flexibility index (Phi) is 3.56. The van der Waals surface area contributed by atoms with E-state index in [1.165, 1.54) is 0 Å². The number of hydrogen-bond acceptors (Lipinski definition) is 4. The molecule has 2 aromatic rings. The molecule has 1 N–H and O–H groups in total. The van der Waals surface area contributed by atoms with E-state index in [9.17, 15) is 0 Å². The second-order valence-corrected chi connectivity index (χ2v) is 5.06. The van der Waals surface area contributed by atoms with Crippen molar-refractivity contribution in [2.75, 3.05) is 5.32 Å². The fourth-order valence-corrected chi connectivity index (χ4v) is 2.09. The fourth-order valence-electron chi connectivity index (χ4n) is 1.06. The Hall–Kier alpha value is -0.650. The van der Waals surface area contributed by atoms with E-state index in [0.717, 1.165) is 15.0 Å². The number of hydrogen-bond donors (Lipinski definition) is 1. The van der Waals surface area contributed by atoms with Gasteiger partial charge in [0.25, 0.3) is 0 Å². The van der Waals surface area contributed by atoms with Crippen LogP contribution in [0.3, 0.4) is 0 Å². The van der Waals surface area contributed by atoms with Crippen LogP contribution >= 0.6 is 38.9 Å². The van der Waals surface area contributed by atoms with E-state index in [0.29, 0.717) is 11.7 Å². The van der Waals surface area contributed by atoms with Crippen molar-refractivity contribution in [3.8, 4) is 0 Å². The molecule has 6 heteroatoms. The van der Waals surface area contributed by atoms with Crippen molar-refractivity contribution in [2.24, 2.45) is 0 Å². The summed E-state index contributed by atoms with van der Waals surface area (Å²) < 4.78 is 0.902. The van der Waals surface area contributed by atoms with Gasteiger partial charge >= 0.3 is 0 Å². The van der Waals surface area contributed by atoms with Crippen LogP contribution in [0.25, 0.3) is 0 Å². The Balaban J connectivity index is 2.07. The summed E-state index contributed by atoms with van der Waals surface area (Å²) >= 11 is 10.9. The molecule has 0 radical (unpaired) electrons. The molecule has 0 unspecified atom stereocenters. The predicted octanol–water partition coefficient (Wildman–Crippen LogP) is 3.57. The smallest absolute Gasteiger partial charge is 0.152 e. The highest BCUT2D eigenvalue weighted by Gasteiger charge is 2.02. The van der Waals surface area contributed by atoms with Crippen LogP contribution in [0.1, 0.15) is 4.88 Å². The molecule has 2 aromatic heterocycles. The zero-order valence-electron chi connectivity index (χ0n) is 7.58. The fraction of sp³-hybridized carbons (Fsp3) is 0.111. The lowest BCUT2D eigenvalue weighted by molar-refractivity contribution is 1.16. The highest BCUT2D eigenvalue weighted by atomic mass is 79.9. The van der Waals surface area contributed by atoms with Crippen molar-refractivity contribution >= 4 is 44.6 Å². The molecule has 2 rings (SSSR count). The first kappa shape index (κ1) is 10.9. The molecule has 0 saturated carbocycles. The maximum absolute atomic E-state index is 5.93. The van der Waals surface area contributed by atoms with E-state index in [1.54, 1.807) is 23.0 Å². The molecule has 0 fully saturated rings. The highest BCUT2D eigenvalue weighted by molar-refractivity contribution is 9.10. The predicted molar refractivity (Wildman–Crippen MR) is 66.4 cm³/mol. The Morgan fingerprint density at radius 3 is 3.07 bits per heavy atom. The second-order valence-electron chi connectivity index (χ2n) is 2.81. The lowest BCUT2D eigenvalue weighted by atomic mass is 10.4. The van der Waals surface area contributed by atoms with Crippen LogP contribution in [0, 0.1) is 0 Å². The van der Waals surface area contributed by atoms with Gasteiger partial charge in [0, 0.05) is 21.7 Å². The largest absolute Gasteiger partial charge is 0.378 e. The second kappa shape index (κ2) is 4.92. The summed E-state index contributed by atoms with van der Waals surface area (Å²) in [4.78, 5) is 9.18. The van der Waals surface area contributed by atoms with Crippen molar-refractivity contribution < 1.29 is 0 Å². The number of halogens is 2. The summed E-state index contributed by atoms with van der Waals surface area (Å²) in [6, 6.07) is 1.90. The van der Waals surface area contributed by atoms with E-state index in [-0.39, 0.29) is 0 Å². The molecule has 15 heavy (non-hydrogen) atoms. The first-order valence-electron chi connectivity index (χ1n) is 4.18. The van der Waals surface area contributed by atoms with E-state index in [4.69, 9.17) is 11.6 Å². The summed E-state index contributed by atoms with van der Waals surface area (Å²) in [5, 5.41) is 3.68. The molecular weight excluding hydrogens is 298 g/mol. The molecular formula is C9H7BrClN3S. The SMILES string of the molecule is Clc1ncc(Br)cc1NCc1cncs1. The average Bonchev–Trinajstić information content (AvgIpc) is 2.72. The van der Waals surface area contributed by atoms with Gasteiger partial charge in [-0.1, -0.05) is 11.6 Å². The molecule has 0 saturated heterocycles. The Labute approximate surface area is 105 Å². The number of thiazole rings is 1. The number of anilines is 1. The molecule has 0 aromatic carbocycles. The topological polar surface area (TPSA) is 37.8 Å². The molecule has 0 atom stereocenters. The monoisotopic (exact) mass is 303 g/mol. The maximum atomic E-state index is 5.93. The van der Waals surface area contributed by atoms with E-state index in [2.05, 4.69) is 31.2 Å². The standard InChI is InChI=1S/C9H7BrClN3S/c10-6-1-8(9(11)14-2-6)13-4-7-3-12-5-15-7/h1-3,5,13H,4H2. The first-order valence-corrected chi connectivity index (χ1v) is 6.23. The third kappa shape index (κ3) is 2.90. The molecule has 2 heterocycles. The average molecular weight is 305 g/mol. The summed E-state index contributed by atoms with van der Waals surface area (Å²) in [5.41, 5.74) is 2.62. The number of nitrogens with one attached hydrogen (secondary N) is 1. The van der Waals surface area contributed by atoms with Crippen molar-refractivity contribution in [1.29, 1.82) is 0 Å². The van der Waals surface area contributed by atoms with Crippen molar-refractivity contribution in [3.05, 3.63) is 38.5 Å². The van der Waals surface area contributed by atoms with E-state index in [1.807, 2.05) is 12.3 Å². The molecule has 0 bridgehead atoms. The third-order valence-corrected chi connectivity index (χ3v) is 3.26. The molecule has 0 aliphatic carbocycles. The zero-order valence-corrected chi connectivity index (χ0v) is 10.7. The van der Waals surface area contributed by atoms with Gasteiger partial charge < -0.3 is 5.32 Å². The van der Waals surface area contributed by atoms with Crippen LogP contribution in [0.2, 0.25) is 5.15 Å². The van der Waals surface area contributed by atoms with Gasteiger partial charge in [0.15, 0.2) is 5.15 Å². The number of aromatic nitrogens is 2. The Morgan fingerprint density at radius 1 is 1.47 bits per heavy atom. The maximum Gasteiger partial charge on any atom is 0.152 e. The summed E-state index contributed by atoms with van der Waals surface area (Å²) in [6.07, 6.45) is 3.50. The van der Waals surface area contributed by atoms with Gasteiger partial charge in [-0.2, -0.15) is 0 Å². The van der Waals surface area contributed by atoms with Gasteiger partial charge in [0.1, 0.15) is 0 Å². The Bertz CT molecular complexity index is 447. The number of rotatable bonds is 3. The number of nitrogens with zero attached hydrogens (tertiary/aromatic N) is 2. The minimum Gasteiger partial charge on any atom is -0.378 e. The van der Waals surface area contributed by atoms with Crippen LogP contribution in [0.4, 0.5) is 5.69 Å².